The monoisotopic (exact) mass is 280 g/mol. The van der Waals surface area contributed by atoms with Crippen molar-refractivity contribution >= 4 is 17.8 Å². The number of nitrogens with zero attached hydrogens (tertiary/aromatic N) is 1. The molecule has 2 atom stereocenters. The van der Waals surface area contributed by atoms with E-state index in [4.69, 9.17) is 9.52 Å². The van der Waals surface area contributed by atoms with Crippen LogP contribution in [0.1, 0.15) is 19.1 Å². The van der Waals surface area contributed by atoms with Crippen LogP contribution in [0.5, 0.6) is 0 Å². The lowest BCUT2D eigenvalue weighted by Gasteiger charge is -2.16. The molecular formula is C13H16N2O5. The van der Waals surface area contributed by atoms with Gasteiger partial charge in [0.1, 0.15) is 11.8 Å². The second kappa shape index (κ2) is 5.77. The van der Waals surface area contributed by atoms with Crippen molar-refractivity contribution in [1.29, 1.82) is 0 Å². The molecule has 1 aliphatic rings. The van der Waals surface area contributed by atoms with E-state index in [1.807, 2.05) is 0 Å². The van der Waals surface area contributed by atoms with Gasteiger partial charge in [-0.15, -0.1) is 0 Å². The Balaban J connectivity index is 1.91. The minimum Gasteiger partial charge on any atom is -0.480 e. The molecule has 0 saturated carbocycles. The Morgan fingerprint density at radius 2 is 2.35 bits per heavy atom. The van der Waals surface area contributed by atoms with Crippen molar-refractivity contribution in [3.63, 3.8) is 0 Å². The molecule has 1 fully saturated rings. The van der Waals surface area contributed by atoms with Gasteiger partial charge in [-0.1, -0.05) is 0 Å². The van der Waals surface area contributed by atoms with E-state index in [2.05, 4.69) is 5.32 Å². The Labute approximate surface area is 115 Å². The van der Waals surface area contributed by atoms with Gasteiger partial charge >= 0.3 is 5.97 Å². The largest absolute Gasteiger partial charge is 0.480 e. The van der Waals surface area contributed by atoms with Gasteiger partial charge in [0.15, 0.2) is 0 Å². The molecule has 1 aromatic heterocycles. The molecule has 7 heteroatoms. The molecule has 2 rings (SSSR count). The number of carboxylic acid groups (broad SMARTS) is 1. The second-order valence-electron chi connectivity index (χ2n) is 4.82. The summed E-state index contributed by atoms with van der Waals surface area (Å²) in [4.78, 5) is 35.9. The fraction of sp³-hybridized carbons (Fsp3) is 0.462. The van der Waals surface area contributed by atoms with Crippen LogP contribution in [0.2, 0.25) is 0 Å². The minimum atomic E-state index is -1.10. The van der Waals surface area contributed by atoms with Crippen molar-refractivity contribution in [3.8, 4) is 0 Å². The lowest BCUT2D eigenvalue weighted by atomic mass is 10.1. The summed E-state index contributed by atoms with van der Waals surface area (Å²) in [5.41, 5.74) is 0. The summed E-state index contributed by atoms with van der Waals surface area (Å²) in [6.07, 6.45) is 1.62. The number of rotatable bonds is 5. The molecule has 1 unspecified atom stereocenters. The van der Waals surface area contributed by atoms with Crippen LogP contribution in [0.3, 0.4) is 0 Å². The fourth-order valence-corrected chi connectivity index (χ4v) is 2.08. The summed E-state index contributed by atoms with van der Waals surface area (Å²) in [6.45, 7) is 1.99. The maximum absolute atomic E-state index is 11.9. The second-order valence-corrected chi connectivity index (χ2v) is 4.82. The van der Waals surface area contributed by atoms with Gasteiger partial charge in [0.25, 0.3) is 0 Å². The van der Waals surface area contributed by atoms with E-state index in [9.17, 15) is 14.4 Å². The van der Waals surface area contributed by atoms with Gasteiger partial charge in [0.2, 0.25) is 11.8 Å². The van der Waals surface area contributed by atoms with Gasteiger partial charge in [-0.3, -0.25) is 14.4 Å². The molecule has 7 nitrogen and oxygen atoms in total. The predicted molar refractivity (Wildman–Crippen MR) is 67.5 cm³/mol. The van der Waals surface area contributed by atoms with Crippen LogP contribution in [0.25, 0.3) is 0 Å². The number of hydrogen-bond donors (Lipinski definition) is 2. The topological polar surface area (TPSA) is 99.9 Å². The summed E-state index contributed by atoms with van der Waals surface area (Å²) < 4.78 is 5.16. The zero-order valence-electron chi connectivity index (χ0n) is 11.0. The highest BCUT2D eigenvalue weighted by Crippen LogP contribution is 2.20. The van der Waals surface area contributed by atoms with Gasteiger partial charge in [-0.2, -0.15) is 0 Å². The third-order valence-corrected chi connectivity index (χ3v) is 3.24. The summed E-state index contributed by atoms with van der Waals surface area (Å²) in [6, 6.07) is 2.53. The highest BCUT2D eigenvalue weighted by atomic mass is 16.4. The molecular weight excluding hydrogens is 264 g/mol. The van der Waals surface area contributed by atoms with Crippen molar-refractivity contribution in [1.82, 2.24) is 10.2 Å². The molecule has 1 aliphatic heterocycles. The molecule has 0 bridgehead atoms. The van der Waals surface area contributed by atoms with Crippen LogP contribution in [-0.4, -0.2) is 40.4 Å². The number of likely N-dealkylation sites (tertiary alicyclic amines) is 1. The van der Waals surface area contributed by atoms with Crippen molar-refractivity contribution < 1.29 is 23.9 Å². The zero-order valence-corrected chi connectivity index (χ0v) is 11.0. The number of furan rings is 1. The average Bonchev–Trinajstić information content (AvgIpc) is 3.00. The molecule has 2 heterocycles. The first-order valence-electron chi connectivity index (χ1n) is 6.30. The summed E-state index contributed by atoms with van der Waals surface area (Å²) >= 11 is 0. The zero-order chi connectivity index (χ0) is 14.7. The van der Waals surface area contributed by atoms with E-state index in [1.165, 1.54) is 18.1 Å². The SMILES string of the molecule is C[C@@H](NC(=O)C1CC(=O)N(Cc2ccco2)C1)C(=O)O. The van der Waals surface area contributed by atoms with Crippen molar-refractivity contribution in [3.05, 3.63) is 24.2 Å². The molecule has 0 aliphatic carbocycles. The normalized spacial score (nSPS) is 19.9. The first kappa shape index (κ1) is 14.1. The molecule has 2 amide bonds. The highest BCUT2D eigenvalue weighted by Gasteiger charge is 2.35. The Hall–Kier alpha value is -2.31. The van der Waals surface area contributed by atoms with E-state index in [0.29, 0.717) is 12.3 Å². The van der Waals surface area contributed by atoms with E-state index in [0.717, 1.165) is 0 Å². The molecule has 108 valence electrons. The number of aliphatic carboxylic acids is 1. The van der Waals surface area contributed by atoms with Gasteiger partial charge in [0.05, 0.1) is 18.7 Å². The number of amides is 2. The van der Waals surface area contributed by atoms with Crippen LogP contribution in [0, 0.1) is 5.92 Å². The van der Waals surface area contributed by atoms with Crippen LogP contribution >= 0.6 is 0 Å². The Morgan fingerprint density at radius 1 is 1.60 bits per heavy atom. The third kappa shape index (κ3) is 3.17. The molecule has 0 spiro atoms. The lowest BCUT2D eigenvalue weighted by molar-refractivity contribution is -0.141. The number of nitrogens with one attached hydrogen (secondary N) is 1. The van der Waals surface area contributed by atoms with E-state index in [1.54, 1.807) is 12.1 Å². The first-order chi connectivity index (χ1) is 9.47. The molecule has 0 radical (unpaired) electrons. The van der Waals surface area contributed by atoms with Gasteiger partial charge in [0, 0.05) is 13.0 Å². The Morgan fingerprint density at radius 3 is 2.95 bits per heavy atom. The lowest BCUT2D eigenvalue weighted by Crippen LogP contribution is -2.42. The fourth-order valence-electron chi connectivity index (χ4n) is 2.08. The minimum absolute atomic E-state index is 0.0961. The maximum Gasteiger partial charge on any atom is 0.325 e. The molecule has 1 saturated heterocycles. The Kier molecular flexibility index (Phi) is 4.07. The average molecular weight is 280 g/mol. The van der Waals surface area contributed by atoms with Crippen LogP contribution < -0.4 is 5.32 Å². The van der Waals surface area contributed by atoms with Crippen molar-refractivity contribution in [2.24, 2.45) is 5.92 Å². The Bertz CT molecular complexity index is 511. The molecule has 2 N–H and O–H groups in total. The van der Waals surface area contributed by atoms with Gasteiger partial charge in [-0.25, -0.2) is 0 Å². The maximum atomic E-state index is 11.9. The summed E-state index contributed by atoms with van der Waals surface area (Å²) in [5, 5.41) is 11.1. The third-order valence-electron chi connectivity index (χ3n) is 3.24. The van der Waals surface area contributed by atoms with Crippen LogP contribution in [-0.2, 0) is 20.9 Å². The van der Waals surface area contributed by atoms with Crippen molar-refractivity contribution in [2.75, 3.05) is 6.54 Å². The predicted octanol–water partition coefficient (Wildman–Crippen LogP) is 0.217. The van der Waals surface area contributed by atoms with Crippen molar-refractivity contribution in [2.45, 2.75) is 25.9 Å². The number of hydrogen-bond acceptors (Lipinski definition) is 4. The van der Waals surface area contributed by atoms with E-state index >= 15 is 0 Å². The van der Waals surface area contributed by atoms with Gasteiger partial charge in [-0.05, 0) is 19.1 Å². The summed E-state index contributed by atoms with van der Waals surface area (Å²) in [7, 11) is 0. The molecule has 20 heavy (non-hydrogen) atoms. The summed E-state index contributed by atoms with van der Waals surface area (Å²) in [5.74, 6) is -1.51. The van der Waals surface area contributed by atoms with E-state index < -0.39 is 23.8 Å². The number of carboxylic acids is 1. The quantitative estimate of drug-likeness (QED) is 0.803. The molecule has 0 aromatic carbocycles. The van der Waals surface area contributed by atoms with Crippen LogP contribution in [0.15, 0.2) is 22.8 Å². The van der Waals surface area contributed by atoms with Gasteiger partial charge < -0.3 is 19.7 Å². The smallest absolute Gasteiger partial charge is 0.325 e. The highest BCUT2D eigenvalue weighted by molar-refractivity contribution is 5.91. The standard InChI is InChI=1S/C13H16N2O5/c1-8(13(18)19)14-12(17)9-5-11(16)15(6-9)7-10-3-2-4-20-10/h2-4,8-9H,5-7H2,1H3,(H,14,17)(H,18,19)/t8-,9?/m1/s1. The number of carbonyl (C=O) groups is 3. The molecule has 1 aromatic rings. The first-order valence-corrected chi connectivity index (χ1v) is 6.30. The van der Waals surface area contributed by atoms with Crippen LogP contribution in [0.4, 0.5) is 0 Å². The van der Waals surface area contributed by atoms with E-state index in [-0.39, 0.29) is 18.9 Å². The number of carbonyl (C=O) groups excluding carboxylic acids is 2.